The van der Waals surface area contributed by atoms with Crippen LogP contribution in [-0.4, -0.2) is 53.0 Å². The Morgan fingerprint density at radius 2 is 1.79 bits per heavy atom. The Bertz CT molecular complexity index is 585. The summed E-state index contributed by atoms with van der Waals surface area (Å²) in [6, 6.07) is 6.21. The maximum atomic E-state index is 12.6. The summed E-state index contributed by atoms with van der Waals surface area (Å²) in [7, 11) is 0. The van der Waals surface area contributed by atoms with Crippen molar-refractivity contribution in [2.45, 2.75) is 39.8 Å². The predicted octanol–water partition coefficient (Wildman–Crippen LogP) is 1.20. The molecule has 0 aromatic heterocycles. The van der Waals surface area contributed by atoms with Gasteiger partial charge in [-0.25, -0.2) is 4.79 Å². The standard InChI is InChI=1S/C17H24N2O5/c1-11-5-7-15(8-6-11)24-13(3)16(21)19(12(2)17(22)23)10-9-18-14(4)20/h5-8,12-13H,9-10H2,1-4H3,(H,18,20)(H,22,23). The van der Waals surface area contributed by atoms with E-state index in [9.17, 15) is 19.5 Å². The number of carbonyl (C=O) groups excluding carboxylic acids is 2. The van der Waals surface area contributed by atoms with Crippen molar-refractivity contribution >= 4 is 17.8 Å². The van der Waals surface area contributed by atoms with E-state index in [4.69, 9.17) is 4.74 Å². The van der Waals surface area contributed by atoms with Gasteiger partial charge in [0.25, 0.3) is 5.91 Å². The number of nitrogens with zero attached hydrogens (tertiary/aromatic N) is 1. The molecule has 1 aromatic carbocycles. The zero-order chi connectivity index (χ0) is 18.3. The minimum atomic E-state index is -1.12. The van der Waals surface area contributed by atoms with Crippen LogP contribution < -0.4 is 10.1 Å². The van der Waals surface area contributed by atoms with Crippen LogP contribution in [0, 0.1) is 6.92 Å². The minimum absolute atomic E-state index is 0.0908. The van der Waals surface area contributed by atoms with Gasteiger partial charge in [0.2, 0.25) is 5.91 Å². The fraction of sp³-hybridized carbons (Fsp3) is 0.471. The van der Waals surface area contributed by atoms with E-state index in [2.05, 4.69) is 5.32 Å². The number of hydrogen-bond acceptors (Lipinski definition) is 4. The number of nitrogens with one attached hydrogen (secondary N) is 1. The van der Waals surface area contributed by atoms with Crippen LogP contribution >= 0.6 is 0 Å². The fourth-order valence-electron chi connectivity index (χ4n) is 2.09. The summed E-state index contributed by atoms with van der Waals surface area (Å²) in [5.41, 5.74) is 1.07. The highest BCUT2D eigenvalue weighted by atomic mass is 16.5. The largest absolute Gasteiger partial charge is 0.481 e. The third-order valence-electron chi connectivity index (χ3n) is 3.52. The number of rotatable bonds is 8. The first-order chi connectivity index (χ1) is 11.2. The first-order valence-electron chi connectivity index (χ1n) is 7.73. The molecular formula is C17H24N2O5. The Morgan fingerprint density at radius 3 is 2.29 bits per heavy atom. The van der Waals surface area contributed by atoms with Crippen molar-refractivity contribution in [1.29, 1.82) is 0 Å². The maximum Gasteiger partial charge on any atom is 0.326 e. The molecule has 0 fully saturated rings. The van der Waals surface area contributed by atoms with Gasteiger partial charge < -0.3 is 20.1 Å². The normalized spacial score (nSPS) is 12.8. The van der Waals surface area contributed by atoms with Crippen LogP contribution in [0.15, 0.2) is 24.3 Å². The Balaban J connectivity index is 2.78. The lowest BCUT2D eigenvalue weighted by Crippen LogP contribution is -2.51. The second kappa shape index (κ2) is 8.90. The Hall–Kier alpha value is -2.57. The van der Waals surface area contributed by atoms with Crippen LogP contribution in [0.5, 0.6) is 5.75 Å². The van der Waals surface area contributed by atoms with Gasteiger partial charge in [-0.3, -0.25) is 9.59 Å². The fourth-order valence-corrected chi connectivity index (χ4v) is 2.09. The molecule has 0 saturated heterocycles. The van der Waals surface area contributed by atoms with Gasteiger partial charge in [-0.05, 0) is 32.9 Å². The molecule has 0 radical (unpaired) electrons. The third kappa shape index (κ3) is 5.91. The number of hydrogen-bond donors (Lipinski definition) is 2. The van der Waals surface area contributed by atoms with Crippen molar-refractivity contribution in [3.63, 3.8) is 0 Å². The van der Waals surface area contributed by atoms with E-state index in [1.807, 2.05) is 19.1 Å². The van der Waals surface area contributed by atoms with Gasteiger partial charge in [-0.15, -0.1) is 0 Å². The van der Waals surface area contributed by atoms with Crippen LogP contribution in [0.2, 0.25) is 0 Å². The Kier molecular flexibility index (Phi) is 7.23. The summed E-state index contributed by atoms with van der Waals surface area (Å²) in [5, 5.41) is 11.7. The number of ether oxygens (including phenoxy) is 1. The lowest BCUT2D eigenvalue weighted by Gasteiger charge is -2.29. The lowest BCUT2D eigenvalue weighted by atomic mass is 10.2. The quantitative estimate of drug-likeness (QED) is 0.744. The SMILES string of the molecule is CC(=O)NCCN(C(=O)C(C)Oc1ccc(C)cc1)C(C)C(=O)O. The van der Waals surface area contributed by atoms with Gasteiger partial charge in [0.1, 0.15) is 11.8 Å². The van der Waals surface area contributed by atoms with Gasteiger partial charge in [0.15, 0.2) is 6.10 Å². The molecular weight excluding hydrogens is 312 g/mol. The molecule has 2 amide bonds. The highest BCUT2D eigenvalue weighted by Crippen LogP contribution is 2.15. The molecule has 0 aliphatic rings. The number of carbonyl (C=O) groups is 3. The molecule has 0 spiro atoms. The van der Waals surface area contributed by atoms with Crippen molar-refractivity contribution in [3.8, 4) is 5.75 Å². The van der Waals surface area contributed by atoms with Crippen molar-refractivity contribution < 1.29 is 24.2 Å². The monoisotopic (exact) mass is 336 g/mol. The van der Waals surface area contributed by atoms with Crippen LogP contribution in [-0.2, 0) is 14.4 Å². The number of carboxylic acid groups (broad SMARTS) is 1. The molecule has 1 aromatic rings. The number of amides is 2. The molecule has 0 heterocycles. The van der Waals surface area contributed by atoms with Crippen LogP contribution in [0.25, 0.3) is 0 Å². The molecule has 2 atom stereocenters. The number of aliphatic carboxylic acids is 1. The van der Waals surface area contributed by atoms with E-state index < -0.39 is 24.0 Å². The summed E-state index contributed by atoms with van der Waals surface area (Å²) in [6.07, 6.45) is -0.841. The highest BCUT2D eigenvalue weighted by molar-refractivity contribution is 5.86. The summed E-state index contributed by atoms with van der Waals surface area (Å²) < 4.78 is 5.60. The topological polar surface area (TPSA) is 95.9 Å². The smallest absolute Gasteiger partial charge is 0.326 e. The van der Waals surface area contributed by atoms with E-state index in [0.717, 1.165) is 5.56 Å². The highest BCUT2D eigenvalue weighted by Gasteiger charge is 2.29. The van der Waals surface area contributed by atoms with E-state index in [0.29, 0.717) is 5.75 Å². The summed E-state index contributed by atoms with van der Waals surface area (Å²) in [6.45, 7) is 6.56. The summed E-state index contributed by atoms with van der Waals surface area (Å²) in [5.74, 6) is -1.27. The maximum absolute atomic E-state index is 12.6. The van der Waals surface area contributed by atoms with E-state index in [1.54, 1.807) is 19.1 Å². The van der Waals surface area contributed by atoms with Crippen molar-refractivity contribution in [2.75, 3.05) is 13.1 Å². The average Bonchev–Trinajstić information content (AvgIpc) is 2.52. The molecule has 132 valence electrons. The third-order valence-corrected chi connectivity index (χ3v) is 3.52. The van der Waals surface area contributed by atoms with Gasteiger partial charge in [0.05, 0.1) is 0 Å². The first-order valence-corrected chi connectivity index (χ1v) is 7.73. The van der Waals surface area contributed by atoms with E-state index in [-0.39, 0.29) is 19.0 Å². The number of benzene rings is 1. The first kappa shape index (κ1) is 19.5. The molecule has 0 saturated carbocycles. The van der Waals surface area contributed by atoms with Crippen molar-refractivity contribution in [2.24, 2.45) is 0 Å². The molecule has 24 heavy (non-hydrogen) atoms. The zero-order valence-electron chi connectivity index (χ0n) is 14.4. The predicted molar refractivity (Wildman–Crippen MR) is 88.8 cm³/mol. The van der Waals surface area contributed by atoms with E-state index in [1.165, 1.54) is 18.7 Å². The van der Waals surface area contributed by atoms with Gasteiger partial charge in [-0.1, -0.05) is 17.7 Å². The summed E-state index contributed by atoms with van der Waals surface area (Å²) >= 11 is 0. The molecule has 0 aliphatic heterocycles. The number of carboxylic acids is 1. The molecule has 1 rings (SSSR count). The average molecular weight is 336 g/mol. The molecule has 2 N–H and O–H groups in total. The van der Waals surface area contributed by atoms with Gasteiger partial charge in [0, 0.05) is 20.0 Å². The van der Waals surface area contributed by atoms with Crippen LogP contribution in [0.3, 0.4) is 0 Å². The lowest BCUT2D eigenvalue weighted by molar-refractivity contribution is -0.152. The number of aryl methyl sites for hydroxylation is 1. The molecule has 2 unspecified atom stereocenters. The Morgan fingerprint density at radius 1 is 1.21 bits per heavy atom. The van der Waals surface area contributed by atoms with E-state index >= 15 is 0 Å². The Labute approximate surface area is 141 Å². The van der Waals surface area contributed by atoms with Gasteiger partial charge in [-0.2, -0.15) is 0 Å². The molecule has 7 heteroatoms. The molecule has 7 nitrogen and oxygen atoms in total. The molecule has 0 bridgehead atoms. The summed E-state index contributed by atoms with van der Waals surface area (Å²) in [4.78, 5) is 35.9. The van der Waals surface area contributed by atoms with Crippen LogP contribution in [0.1, 0.15) is 26.3 Å². The van der Waals surface area contributed by atoms with Gasteiger partial charge >= 0.3 is 5.97 Å². The second-order valence-corrected chi connectivity index (χ2v) is 5.60. The minimum Gasteiger partial charge on any atom is -0.481 e. The zero-order valence-corrected chi connectivity index (χ0v) is 14.4. The molecule has 0 aliphatic carbocycles. The second-order valence-electron chi connectivity index (χ2n) is 5.60. The van der Waals surface area contributed by atoms with Crippen molar-refractivity contribution in [3.05, 3.63) is 29.8 Å². The van der Waals surface area contributed by atoms with Crippen molar-refractivity contribution in [1.82, 2.24) is 10.2 Å². The van der Waals surface area contributed by atoms with Crippen LogP contribution in [0.4, 0.5) is 0 Å².